The molecule has 0 aromatic rings. The lowest BCUT2D eigenvalue weighted by atomic mass is 10.1. The van der Waals surface area contributed by atoms with Crippen LogP contribution in [0.1, 0.15) is 25.7 Å². The lowest BCUT2D eigenvalue weighted by Crippen LogP contribution is -2.04. The van der Waals surface area contributed by atoms with Gasteiger partial charge in [0.2, 0.25) is 0 Å². The van der Waals surface area contributed by atoms with Crippen LogP contribution in [0, 0.1) is 6.92 Å². The summed E-state index contributed by atoms with van der Waals surface area (Å²) in [4.78, 5) is 0. The Balaban J connectivity index is 1.83. The van der Waals surface area contributed by atoms with Crippen molar-refractivity contribution in [3.63, 3.8) is 0 Å². The van der Waals surface area contributed by atoms with Crippen LogP contribution in [0.15, 0.2) is 0 Å². The van der Waals surface area contributed by atoms with Gasteiger partial charge in [-0.25, -0.2) is 0 Å². The molecule has 1 rings (SSSR count). The third kappa shape index (κ3) is 3.18. The molecule has 2 nitrogen and oxygen atoms in total. The number of rotatable bonds is 5. The summed E-state index contributed by atoms with van der Waals surface area (Å²) in [5.74, 6) is 0. The van der Waals surface area contributed by atoms with E-state index in [1.165, 1.54) is 0 Å². The fourth-order valence-corrected chi connectivity index (χ4v) is 0.960. The molecule has 1 saturated heterocycles. The molecule has 0 bridgehead atoms. The predicted molar refractivity (Wildman–Crippen MR) is 39.6 cm³/mol. The smallest absolute Gasteiger partial charge is 0.0810 e. The molecule has 0 aromatic carbocycles. The van der Waals surface area contributed by atoms with Gasteiger partial charge in [0.15, 0.2) is 0 Å². The van der Waals surface area contributed by atoms with Crippen LogP contribution in [0.4, 0.5) is 0 Å². The average Bonchev–Trinajstić information content (AvgIpc) is 2.71. The summed E-state index contributed by atoms with van der Waals surface area (Å²) >= 11 is 0. The lowest BCUT2D eigenvalue weighted by molar-refractivity contribution is 0.162. The van der Waals surface area contributed by atoms with Crippen molar-refractivity contribution in [1.82, 2.24) is 0 Å². The van der Waals surface area contributed by atoms with Gasteiger partial charge in [-0.1, -0.05) is 6.92 Å². The minimum absolute atomic E-state index is 0.196. The van der Waals surface area contributed by atoms with Crippen molar-refractivity contribution < 1.29 is 9.84 Å². The first-order valence-electron chi connectivity index (χ1n) is 3.92. The van der Waals surface area contributed by atoms with Crippen LogP contribution in [0.5, 0.6) is 0 Å². The highest BCUT2D eigenvalue weighted by molar-refractivity contribution is 4.69. The van der Waals surface area contributed by atoms with Crippen molar-refractivity contribution >= 4 is 0 Å². The summed E-state index contributed by atoms with van der Waals surface area (Å²) in [5, 5.41) is 9.09. The summed E-state index contributed by atoms with van der Waals surface area (Å²) < 4.78 is 5.03. The molecule has 0 aliphatic carbocycles. The van der Waals surface area contributed by atoms with E-state index >= 15 is 0 Å². The Bertz CT molecular complexity index is 89.3. The van der Waals surface area contributed by atoms with Gasteiger partial charge in [0.05, 0.1) is 18.8 Å². The van der Waals surface area contributed by atoms with Crippen molar-refractivity contribution in [3.05, 3.63) is 6.92 Å². The highest BCUT2D eigenvalue weighted by atomic mass is 16.6. The second-order valence-corrected chi connectivity index (χ2v) is 2.83. The molecule has 0 saturated carbocycles. The normalized spacial score (nSPS) is 26.4. The Hall–Kier alpha value is -0.0800. The SMILES string of the molecule is [CH2]C[C@H](O)CCC[C@@H]1CO1. The van der Waals surface area contributed by atoms with Gasteiger partial charge in [0.25, 0.3) is 0 Å². The van der Waals surface area contributed by atoms with Gasteiger partial charge in [-0.3, -0.25) is 0 Å². The largest absolute Gasteiger partial charge is 0.393 e. The lowest BCUT2D eigenvalue weighted by Gasteiger charge is -2.04. The van der Waals surface area contributed by atoms with Crippen molar-refractivity contribution in [2.24, 2.45) is 0 Å². The highest BCUT2D eigenvalue weighted by Crippen LogP contribution is 2.17. The Kier molecular flexibility index (Phi) is 3.16. The maximum Gasteiger partial charge on any atom is 0.0810 e. The molecule has 0 aromatic heterocycles. The molecule has 1 aliphatic rings. The Morgan fingerprint density at radius 3 is 2.90 bits per heavy atom. The van der Waals surface area contributed by atoms with Crippen LogP contribution < -0.4 is 0 Å². The zero-order valence-corrected chi connectivity index (χ0v) is 6.25. The molecule has 1 radical (unpaired) electrons. The summed E-state index contributed by atoms with van der Waals surface area (Å²) in [6, 6.07) is 0. The van der Waals surface area contributed by atoms with E-state index in [0.717, 1.165) is 25.9 Å². The zero-order valence-electron chi connectivity index (χ0n) is 6.25. The molecule has 0 amide bonds. The third-order valence-electron chi connectivity index (χ3n) is 1.80. The Morgan fingerprint density at radius 1 is 1.70 bits per heavy atom. The molecule has 1 heterocycles. The topological polar surface area (TPSA) is 32.8 Å². The fourth-order valence-electron chi connectivity index (χ4n) is 0.960. The standard InChI is InChI=1S/C8H15O2/c1-2-7(9)4-3-5-8-6-10-8/h7-9H,1-6H2/t7-,8+/m0/s1. The van der Waals surface area contributed by atoms with Crippen LogP contribution in [-0.2, 0) is 4.74 Å². The summed E-state index contributed by atoms with van der Waals surface area (Å²) in [5.41, 5.74) is 0. The number of aliphatic hydroxyl groups excluding tert-OH is 1. The van der Waals surface area contributed by atoms with E-state index in [1.807, 2.05) is 0 Å². The van der Waals surface area contributed by atoms with Crippen LogP contribution >= 0.6 is 0 Å². The second kappa shape index (κ2) is 3.94. The monoisotopic (exact) mass is 143 g/mol. The van der Waals surface area contributed by atoms with Gasteiger partial charge in [-0.2, -0.15) is 0 Å². The quantitative estimate of drug-likeness (QED) is 0.585. The van der Waals surface area contributed by atoms with Crippen molar-refractivity contribution in [3.8, 4) is 0 Å². The van der Waals surface area contributed by atoms with Crippen LogP contribution in [0.25, 0.3) is 0 Å². The van der Waals surface area contributed by atoms with Crippen molar-refractivity contribution in [2.45, 2.75) is 37.9 Å². The van der Waals surface area contributed by atoms with Crippen molar-refractivity contribution in [1.29, 1.82) is 0 Å². The van der Waals surface area contributed by atoms with E-state index in [9.17, 15) is 0 Å². The van der Waals surface area contributed by atoms with E-state index in [0.29, 0.717) is 12.5 Å². The summed E-state index contributed by atoms with van der Waals surface area (Å²) in [7, 11) is 0. The van der Waals surface area contributed by atoms with E-state index < -0.39 is 0 Å². The van der Waals surface area contributed by atoms with E-state index in [-0.39, 0.29) is 6.10 Å². The first kappa shape index (κ1) is 8.02. The molecule has 10 heavy (non-hydrogen) atoms. The van der Waals surface area contributed by atoms with Gasteiger partial charge >= 0.3 is 0 Å². The molecule has 1 fully saturated rings. The number of hydrogen-bond donors (Lipinski definition) is 1. The molecular formula is C8H15O2. The molecule has 2 atom stereocenters. The Labute approximate surface area is 62.2 Å². The number of aliphatic hydroxyl groups is 1. The van der Waals surface area contributed by atoms with Gasteiger partial charge in [0, 0.05) is 0 Å². The van der Waals surface area contributed by atoms with Gasteiger partial charge in [-0.15, -0.1) is 0 Å². The number of ether oxygens (including phenoxy) is 1. The second-order valence-electron chi connectivity index (χ2n) is 2.83. The molecule has 2 heteroatoms. The fraction of sp³-hybridized carbons (Fsp3) is 0.875. The van der Waals surface area contributed by atoms with E-state index in [4.69, 9.17) is 9.84 Å². The van der Waals surface area contributed by atoms with Crippen LogP contribution in [0.3, 0.4) is 0 Å². The minimum Gasteiger partial charge on any atom is -0.393 e. The van der Waals surface area contributed by atoms with Crippen molar-refractivity contribution in [2.75, 3.05) is 6.61 Å². The highest BCUT2D eigenvalue weighted by Gasteiger charge is 2.21. The van der Waals surface area contributed by atoms with E-state index in [2.05, 4.69) is 6.92 Å². The predicted octanol–water partition coefficient (Wildman–Crippen LogP) is 1.14. The number of hydrogen-bond acceptors (Lipinski definition) is 2. The third-order valence-corrected chi connectivity index (χ3v) is 1.80. The molecule has 0 unspecified atom stereocenters. The molecular weight excluding hydrogens is 128 g/mol. The maximum atomic E-state index is 9.09. The molecule has 1 N–H and O–H groups in total. The molecule has 0 spiro atoms. The van der Waals surface area contributed by atoms with E-state index in [1.54, 1.807) is 0 Å². The molecule has 59 valence electrons. The minimum atomic E-state index is -0.196. The van der Waals surface area contributed by atoms with Gasteiger partial charge in [-0.05, 0) is 25.7 Å². The van der Waals surface area contributed by atoms with Gasteiger partial charge < -0.3 is 9.84 Å². The number of epoxide rings is 1. The van der Waals surface area contributed by atoms with Crippen LogP contribution in [0.2, 0.25) is 0 Å². The zero-order chi connectivity index (χ0) is 7.40. The Morgan fingerprint density at radius 2 is 2.40 bits per heavy atom. The summed E-state index contributed by atoms with van der Waals surface area (Å²) in [6.45, 7) is 4.55. The van der Waals surface area contributed by atoms with Crippen LogP contribution in [-0.4, -0.2) is 23.9 Å². The van der Waals surface area contributed by atoms with Gasteiger partial charge in [0.1, 0.15) is 0 Å². The summed E-state index contributed by atoms with van der Waals surface area (Å²) in [6.07, 6.45) is 4.00. The maximum absolute atomic E-state index is 9.09. The molecule has 1 aliphatic heterocycles. The first-order valence-corrected chi connectivity index (χ1v) is 3.92. The average molecular weight is 143 g/mol. The first-order chi connectivity index (χ1) is 4.83.